The number of hydrogen-bond acceptors (Lipinski definition) is 5. The minimum atomic E-state index is -0.337. The van der Waals surface area contributed by atoms with Crippen LogP contribution in [0.2, 0.25) is 5.02 Å². The van der Waals surface area contributed by atoms with Gasteiger partial charge in [-0.25, -0.2) is 0 Å². The summed E-state index contributed by atoms with van der Waals surface area (Å²) in [5.74, 6) is 1.44. The molecule has 3 rings (SSSR count). The lowest BCUT2D eigenvalue weighted by molar-refractivity contribution is -0.113. The van der Waals surface area contributed by atoms with Gasteiger partial charge in [-0.1, -0.05) is 53.2 Å². The Morgan fingerprint density at radius 1 is 1.23 bits per heavy atom. The number of nitrogens with zero attached hydrogens (tertiary/aromatic N) is 3. The van der Waals surface area contributed by atoms with Crippen LogP contribution in [0.4, 0.5) is 5.69 Å². The first-order valence-corrected chi connectivity index (χ1v) is 11.1. The summed E-state index contributed by atoms with van der Waals surface area (Å²) >= 11 is 7.54. The van der Waals surface area contributed by atoms with Crippen molar-refractivity contribution in [3.05, 3.63) is 64.4 Å². The molecule has 0 aliphatic rings. The molecule has 0 unspecified atom stereocenters. The van der Waals surface area contributed by atoms with Crippen molar-refractivity contribution in [2.45, 2.75) is 45.5 Å². The lowest BCUT2D eigenvalue weighted by Crippen LogP contribution is -2.16. The van der Waals surface area contributed by atoms with Gasteiger partial charge < -0.3 is 14.6 Å². The van der Waals surface area contributed by atoms with Crippen molar-refractivity contribution in [3.63, 3.8) is 0 Å². The predicted octanol–water partition coefficient (Wildman–Crippen LogP) is 5.44. The third kappa shape index (κ3) is 5.34. The Labute approximate surface area is 186 Å². The molecule has 0 radical (unpaired) electrons. The molecule has 0 saturated heterocycles. The first-order valence-electron chi connectivity index (χ1n) is 9.73. The number of anilines is 1. The van der Waals surface area contributed by atoms with Crippen molar-refractivity contribution < 1.29 is 9.53 Å². The summed E-state index contributed by atoms with van der Waals surface area (Å²) in [4.78, 5) is 12.4. The minimum Gasteiger partial charge on any atom is -0.481 e. The molecule has 0 aliphatic heterocycles. The molecule has 3 aromatic rings. The number of aryl methyl sites for hydroxylation is 2. The number of halogens is 1. The van der Waals surface area contributed by atoms with E-state index in [1.807, 2.05) is 68.7 Å². The van der Waals surface area contributed by atoms with Crippen LogP contribution >= 0.6 is 23.4 Å². The fourth-order valence-corrected chi connectivity index (χ4v) is 4.05. The van der Waals surface area contributed by atoms with E-state index in [4.69, 9.17) is 16.3 Å². The maximum absolute atomic E-state index is 12.4. The van der Waals surface area contributed by atoms with Crippen molar-refractivity contribution in [2.75, 3.05) is 11.1 Å². The third-order valence-electron chi connectivity index (χ3n) is 4.55. The van der Waals surface area contributed by atoms with E-state index in [0.29, 0.717) is 28.3 Å². The van der Waals surface area contributed by atoms with E-state index in [1.165, 1.54) is 11.8 Å². The minimum absolute atomic E-state index is 0.0838. The molecule has 8 heteroatoms. The molecule has 0 spiro atoms. The largest absolute Gasteiger partial charge is 0.481 e. The Hall–Kier alpha value is -2.51. The number of rotatable bonds is 8. The van der Waals surface area contributed by atoms with Gasteiger partial charge >= 0.3 is 0 Å². The Morgan fingerprint density at radius 3 is 2.70 bits per heavy atom. The van der Waals surface area contributed by atoms with Crippen LogP contribution in [-0.2, 0) is 11.3 Å². The van der Waals surface area contributed by atoms with E-state index in [0.717, 1.165) is 16.8 Å². The summed E-state index contributed by atoms with van der Waals surface area (Å²) in [5.41, 5.74) is 3.03. The smallest absolute Gasteiger partial charge is 0.234 e. The van der Waals surface area contributed by atoms with Crippen molar-refractivity contribution in [3.8, 4) is 5.75 Å². The SMILES string of the molecule is CCn1c(SCC(=O)Nc2ccc(C)cc2C)nnc1[C@@H](C)Oc1ccccc1Cl. The number of benzene rings is 2. The Kier molecular flexibility index (Phi) is 7.39. The predicted molar refractivity (Wildman–Crippen MR) is 121 cm³/mol. The van der Waals surface area contributed by atoms with Gasteiger partial charge in [-0.15, -0.1) is 10.2 Å². The van der Waals surface area contributed by atoms with Gasteiger partial charge in [0.2, 0.25) is 5.91 Å². The standard InChI is InChI=1S/C22H25ClN4O2S/c1-5-27-21(16(4)29-19-9-7-6-8-17(19)23)25-26-22(27)30-13-20(28)24-18-11-10-14(2)12-15(18)3/h6-12,16H,5,13H2,1-4H3,(H,24,28)/t16-/m1/s1. The van der Waals surface area contributed by atoms with E-state index in [2.05, 4.69) is 15.5 Å². The normalized spacial score (nSPS) is 11.9. The molecule has 1 amide bonds. The summed E-state index contributed by atoms with van der Waals surface area (Å²) in [6.07, 6.45) is -0.337. The van der Waals surface area contributed by atoms with Crippen LogP contribution in [0.3, 0.4) is 0 Å². The molecule has 2 aromatic carbocycles. The van der Waals surface area contributed by atoms with Gasteiger partial charge in [-0.05, 0) is 51.5 Å². The summed E-state index contributed by atoms with van der Waals surface area (Å²) < 4.78 is 7.93. The van der Waals surface area contributed by atoms with E-state index in [1.54, 1.807) is 6.07 Å². The zero-order valence-electron chi connectivity index (χ0n) is 17.5. The lowest BCUT2D eigenvalue weighted by atomic mass is 10.1. The number of thioether (sulfide) groups is 1. The highest BCUT2D eigenvalue weighted by Gasteiger charge is 2.20. The van der Waals surface area contributed by atoms with Crippen LogP contribution in [0.15, 0.2) is 47.6 Å². The lowest BCUT2D eigenvalue weighted by Gasteiger charge is -2.16. The Balaban J connectivity index is 1.65. The second-order valence-electron chi connectivity index (χ2n) is 6.93. The molecule has 0 aliphatic carbocycles. The van der Waals surface area contributed by atoms with Crippen LogP contribution in [0.25, 0.3) is 0 Å². The highest BCUT2D eigenvalue weighted by Crippen LogP contribution is 2.29. The zero-order chi connectivity index (χ0) is 21.7. The molecule has 1 heterocycles. The summed E-state index contributed by atoms with van der Waals surface area (Å²) in [6.45, 7) is 8.59. The number of para-hydroxylation sites is 1. The summed E-state index contributed by atoms with van der Waals surface area (Å²) in [6, 6.07) is 13.3. The monoisotopic (exact) mass is 444 g/mol. The van der Waals surface area contributed by atoms with Gasteiger partial charge in [-0.2, -0.15) is 0 Å². The summed E-state index contributed by atoms with van der Waals surface area (Å²) in [5, 5.41) is 12.7. The van der Waals surface area contributed by atoms with Gasteiger partial charge in [0.1, 0.15) is 5.75 Å². The van der Waals surface area contributed by atoms with Crippen molar-refractivity contribution >= 4 is 35.0 Å². The number of hydrogen-bond donors (Lipinski definition) is 1. The van der Waals surface area contributed by atoms with E-state index in [-0.39, 0.29) is 17.8 Å². The number of aromatic nitrogens is 3. The molecular weight excluding hydrogens is 420 g/mol. The molecule has 0 saturated carbocycles. The molecule has 158 valence electrons. The quantitative estimate of drug-likeness (QED) is 0.468. The van der Waals surface area contributed by atoms with Crippen LogP contribution in [0, 0.1) is 13.8 Å². The molecule has 0 fully saturated rings. The average molecular weight is 445 g/mol. The number of ether oxygens (including phenoxy) is 1. The number of amides is 1. The average Bonchev–Trinajstić information content (AvgIpc) is 3.13. The fraction of sp³-hybridized carbons (Fsp3) is 0.318. The highest BCUT2D eigenvalue weighted by atomic mass is 35.5. The van der Waals surface area contributed by atoms with Gasteiger partial charge in [-0.3, -0.25) is 4.79 Å². The van der Waals surface area contributed by atoms with E-state index < -0.39 is 0 Å². The topological polar surface area (TPSA) is 69.0 Å². The fourth-order valence-electron chi connectivity index (χ4n) is 3.06. The zero-order valence-corrected chi connectivity index (χ0v) is 19.0. The van der Waals surface area contributed by atoms with Gasteiger partial charge in [0.15, 0.2) is 17.1 Å². The van der Waals surface area contributed by atoms with Crippen molar-refractivity contribution in [1.29, 1.82) is 0 Å². The Bertz CT molecular complexity index is 1040. The van der Waals surface area contributed by atoms with Crippen molar-refractivity contribution in [2.24, 2.45) is 0 Å². The second kappa shape index (κ2) is 10.00. The Morgan fingerprint density at radius 2 is 2.00 bits per heavy atom. The highest BCUT2D eigenvalue weighted by molar-refractivity contribution is 7.99. The van der Waals surface area contributed by atoms with Crippen molar-refractivity contribution in [1.82, 2.24) is 14.8 Å². The first kappa shape index (κ1) is 22.2. The second-order valence-corrected chi connectivity index (χ2v) is 8.28. The first-order chi connectivity index (χ1) is 14.4. The maximum atomic E-state index is 12.4. The molecule has 0 bridgehead atoms. The van der Waals surface area contributed by atoms with Crippen LogP contribution in [-0.4, -0.2) is 26.4 Å². The number of carbonyl (C=O) groups excluding carboxylic acids is 1. The number of nitrogens with one attached hydrogen (secondary N) is 1. The molecule has 6 nitrogen and oxygen atoms in total. The van der Waals surface area contributed by atoms with Crippen LogP contribution in [0.1, 0.15) is 36.9 Å². The maximum Gasteiger partial charge on any atom is 0.234 e. The van der Waals surface area contributed by atoms with Gasteiger partial charge in [0.05, 0.1) is 10.8 Å². The molecule has 30 heavy (non-hydrogen) atoms. The van der Waals surface area contributed by atoms with Gasteiger partial charge in [0, 0.05) is 12.2 Å². The molecular formula is C22H25ClN4O2S. The van der Waals surface area contributed by atoms with E-state index in [9.17, 15) is 4.79 Å². The number of carbonyl (C=O) groups is 1. The molecule has 1 aromatic heterocycles. The van der Waals surface area contributed by atoms with Crippen LogP contribution in [0.5, 0.6) is 5.75 Å². The third-order valence-corrected chi connectivity index (χ3v) is 5.83. The van der Waals surface area contributed by atoms with Gasteiger partial charge in [0.25, 0.3) is 0 Å². The summed E-state index contributed by atoms with van der Waals surface area (Å²) in [7, 11) is 0. The molecule has 1 atom stereocenters. The van der Waals surface area contributed by atoms with Crippen LogP contribution < -0.4 is 10.1 Å². The van der Waals surface area contributed by atoms with E-state index >= 15 is 0 Å². The molecule has 1 N–H and O–H groups in total.